The van der Waals surface area contributed by atoms with E-state index in [4.69, 9.17) is 0 Å². The Bertz CT molecular complexity index is 996. The van der Waals surface area contributed by atoms with Crippen molar-refractivity contribution in [3.05, 3.63) is 64.7 Å². The van der Waals surface area contributed by atoms with Crippen LogP contribution in [0.4, 0.5) is 0 Å². The Labute approximate surface area is 152 Å². The van der Waals surface area contributed by atoms with Crippen LogP contribution >= 0.6 is 0 Å². The summed E-state index contributed by atoms with van der Waals surface area (Å²) in [5, 5.41) is 2.77. The predicted molar refractivity (Wildman–Crippen MR) is 97.3 cm³/mol. The number of benzene rings is 2. The Kier molecular flexibility index (Phi) is 4.58. The smallest absolute Gasteiger partial charge is 0.269 e. The van der Waals surface area contributed by atoms with Crippen LogP contribution in [0.5, 0.6) is 0 Å². The van der Waals surface area contributed by atoms with Gasteiger partial charge in [0.25, 0.3) is 21.8 Å². The molecule has 0 atom stereocenters. The number of carbonyl (C=O) groups excluding carboxylic acids is 2. The molecule has 3 rings (SSSR count). The largest absolute Gasteiger partial charge is 0.348 e. The van der Waals surface area contributed by atoms with Crippen molar-refractivity contribution in [2.75, 3.05) is 0 Å². The Morgan fingerprint density at radius 2 is 1.88 bits per heavy atom. The number of amides is 2. The first-order chi connectivity index (χ1) is 12.2. The second kappa shape index (κ2) is 6.57. The molecule has 2 aromatic carbocycles. The maximum Gasteiger partial charge on any atom is 0.269 e. The van der Waals surface area contributed by atoms with Gasteiger partial charge >= 0.3 is 0 Å². The van der Waals surface area contributed by atoms with E-state index < -0.39 is 22.0 Å². The standard InChI is InChI=1S/C19H20N2O4S/c1-12(2)21-19(23)16-8-7-15(10-17(16)26(21,24)25)18(22)20-11-14-6-4-5-13(3)9-14/h4-10,12H,11H2,1-3H3,(H,20,22). The van der Waals surface area contributed by atoms with Gasteiger partial charge in [-0.1, -0.05) is 29.8 Å². The van der Waals surface area contributed by atoms with Crippen molar-refractivity contribution in [2.24, 2.45) is 0 Å². The molecule has 0 aliphatic carbocycles. The van der Waals surface area contributed by atoms with Gasteiger partial charge in [0.1, 0.15) is 4.90 Å². The Balaban J connectivity index is 1.85. The highest BCUT2D eigenvalue weighted by atomic mass is 32.2. The van der Waals surface area contributed by atoms with E-state index in [9.17, 15) is 18.0 Å². The summed E-state index contributed by atoms with van der Waals surface area (Å²) in [4.78, 5) is 24.6. The summed E-state index contributed by atoms with van der Waals surface area (Å²) < 4.78 is 26.1. The van der Waals surface area contributed by atoms with Crippen molar-refractivity contribution >= 4 is 21.8 Å². The summed E-state index contributed by atoms with van der Waals surface area (Å²) in [5.74, 6) is -0.943. The van der Waals surface area contributed by atoms with Gasteiger partial charge in [-0.3, -0.25) is 9.59 Å². The van der Waals surface area contributed by atoms with Gasteiger partial charge in [0.05, 0.1) is 5.56 Å². The van der Waals surface area contributed by atoms with Crippen LogP contribution in [0, 0.1) is 6.92 Å². The summed E-state index contributed by atoms with van der Waals surface area (Å²) >= 11 is 0. The molecule has 0 unspecified atom stereocenters. The molecular weight excluding hydrogens is 352 g/mol. The first-order valence-corrected chi connectivity index (χ1v) is 9.72. The summed E-state index contributed by atoms with van der Waals surface area (Å²) in [6, 6.07) is 11.4. The Hall–Kier alpha value is -2.67. The van der Waals surface area contributed by atoms with E-state index in [1.165, 1.54) is 18.2 Å². The monoisotopic (exact) mass is 372 g/mol. The molecule has 0 saturated heterocycles. The lowest BCUT2D eigenvalue weighted by molar-refractivity contribution is 0.0845. The molecule has 0 spiro atoms. The fourth-order valence-electron chi connectivity index (χ4n) is 3.01. The first kappa shape index (κ1) is 18.1. The van der Waals surface area contributed by atoms with E-state index in [2.05, 4.69) is 5.32 Å². The molecule has 136 valence electrons. The maximum absolute atomic E-state index is 12.6. The zero-order chi connectivity index (χ0) is 19.1. The number of nitrogens with zero attached hydrogens (tertiary/aromatic N) is 1. The number of hydrogen-bond donors (Lipinski definition) is 1. The first-order valence-electron chi connectivity index (χ1n) is 8.28. The molecule has 0 aromatic heterocycles. The van der Waals surface area contributed by atoms with Crippen LogP contribution in [-0.4, -0.2) is 30.6 Å². The predicted octanol–water partition coefficient (Wildman–Crippen LogP) is 2.48. The van der Waals surface area contributed by atoms with Crippen LogP contribution in [0.2, 0.25) is 0 Å². The number of fused-ring (bicyclic) bond motifs is 1. The number of nitrogens with one attached hydrogen (secondary N) is 1. The highest BCUT2D eigenvalue weighted by molar-refractivity contribution is 7.90. The molecule has 1 heterocycles. The molecule has 0 fully saturated rings. The fraction of sp³-hybridized carbons (Fsp3) is 0.263. The normalized spacial score (nSPS) is 15.2. The quantitative estimate of drug-likeness (QED) is 0.894. The minimum atomic E-state index is -3.92. The van der Waals surface area contributed by atoms with E-state index in [1.807, 2.05) is 31.2 Å². The third kappa shape index (κ3) is 3.10. The molecule has 0 radical (unpaired) electrons. The van der Waals surface area contributed by atoms with E-state index in [-0.39, 0.29) is 21.9 Å². The molecule has 1 N–H and O–H groups in total. The highest BCUT2D eigenvalue weighted by Crippen LogP contribution is 2.32. The van der Waals surface area contributed by atoms with Gasteiger partial charge in [0, 0.05) is 18.2 Å². The third-order valence-electron chi connectivity index (χ3n) is 4.22. The van der Waals surface area contributed by atoms with Gasteiger partial charge in [-0.15, -0.1) is 0 Å². The number of hydrogen-bond acceptors (Lipinski definition) is 4. The van der Waals surface area contributed by atoms with Gasteiger partial charge in [0.15, 0.2) is 0 Å². The van der Waals surface area contributed by atoms with Crippen LogP contribution < -0.4 is 5.32 Å². The molecule has 1 aliphatic rings. The van der Waals surface area contributed by atoms with Crippen molar-refractivity contribution in [1.82, 2.24) is 9.62 Å². The minimum Gasteiger partial charge on any atom is -0.348 e. The van der Waals surface area contributed by atoms with Gasteiger partial charge < -0.3 is 5.32 Å². The zero-order valence-electron chi connectivity index (χ0n) is 14.8. The molecule has 6 nitrogen and oxygen atoms in total. The molecule has 7 heteroatoms. The molecule has 26 heavy (non-hydrogen) atoms. The van der Waals surface area contributed by atoms with Crippen molar-refractivity contribution in [3.8, 4) is 0 Å². The topological polar surface area (TPSA) is 83.6 Å². The van der Waals surface area contributed by atoms with Crippen molar-refractivity contribution in [3.63, 3.8) is 0 Å². The second-order valence-corrected chi connectivity index (χ2v) is 8.37. The van der Waals surface area contributed by atoms with E-state index in [0.717, 1.165) is 15.4 Å². The third-order valence-corrected chi connectivity index (χ3v) is 6.21. The number of carbonyl (C=O) groups is 2. The van der Waals surface area contributed by atoms with Crippen molar-refractivity contribution < 1.29 is 18.0 Å². The fourth-order valence-corrected chi connectivity index (χ4v) is 4.80. The Morgan fingerprint density at radius 3 is 2.54 bits per heavy atom. The Morgan fingerprint density at radius 1 is 1.15 bits per heavy atom. The molecule has 0 saturated carbocycles. The zero-order valence-corrected chi connectivity index (χ0v) is 15.6. The molecule has 2 aromatic rings. The van der Waals surface area contributed by atoms with Crippen LogP contribution in [0.25, 0.3) is 0 Å². The van der Waals surface area contributed by atoms with Gasteiger partial charge in [-0.25, -0.2) is 12.7 Å². The van der Waals surface area contributed by atoms with Gasteiger partial charge in [0.2, 0.25) is 0 Å². The minimum absolute atomic E-state index is 0.105. The molecule has 1 aliphatic heterocycles. The number of aryl methyl sites for hydroxylation is 1. The molecular formula is C19H20N2O4S. The summed E-state index contributed by atoms with van der Waals surface area (Å²) in [5.41, 5.74) is 2.35. The summed E-state index contributed by atoms with van der Waals surface area (Å²) in [6.45, 7) is 5.57. The lowest BCUT2D eigenvalue weighted by Gasteiger charge is -2.18. The van der Waals surface area contributed by atoms with Crippen LogP contribution in [0.1, 0.15) is 45.7 Å². The molecule has 0 bridgehead atoms. The lowest BCUT2D eigenvalue weighted by atomic mass is 10.1. The lowest BCUT2D eigenvalue weighted by Crippen LogP contribution is -2.36. The van der Waals surface area contributed by atoms with E-state index in [0.29, 0.717) is 6.54 Å². The second-order valence-electron chi connectivity index (χ2n) is 6.58. The van der Waals surface area contributed by atoms with E-state index >= 15 is 0 Å². The summed E-state index contributed by atoms with van der Waals surface area (Å²) in [7, 11) is -3.92. The van der Waals surface area contributed by atoms with Crippen molar-refractivity contribution in [1.29, 1.82) is 0 Å². The summed E-state index contributed by atoms with van der Waals surface area (Å²) in [6.07, 6.45) is 0. The average Bonchev–Trinajstić information content (AvgIpc) is 2.78. The van der Waals surface area contributed by atoms with Crippen LogP contribution in [0.3, 0.4) is 0 Å². The SMILES string of the molecule is Cc1cccc(CNC(=O)c2ccc3c(c2)S(=O)(=O)N(C(C)C)C3=O)c1. The maximum atomic E-state index is 12.6. The van der Waals surface area contributed by atoms with Gasteiger partial charge in [-0.2, -0.15) is 0 Å². The average molecular weight is 372 g/mol. The van der Waals surface area contributed by atoms with Gasteiger partial charge in [-0.05, 0) is 44.5 Å². The van der Waals surface area contributed by atoms with Crippen molar-refractivity contribution in [2.45, 2.75) is 38.3 Å². The van der Waals surface area contributed by atoms with Crippen LogP contribution in [0.15, 0.2) is 47.4 Å². The number of sulfonamides is 1. The molecule has 2 amide bonds. The number of rotatable bonds is 4. The van der Waals surface area contributed by atoms with Crippen LogP contribution in [-0.2, 0) is 16.6 Å². The highest BCUT2D eigenvalue weighted by Gasteiger charge is 2.42. The van der Waals surface area contributed by atoms with E-state index in [1.54, 1.807) is 13.8 Å².